The van der Waals surface area contributed by atoms with Crippen LogP contribution in [0.15, 0.2) is 23.6 Å². The van der Waals surface area contributed by atoms with Gasteiger partial charge in [-0.25, -0.2) is 0 Å². The Bertz CT molecular complexity index is 403. The van der Waals surface area contributed by atoms with Gasteiger partial charge in [0.25, 0.3) is 0 Å². The van der Waals surface area contributed by atoms with Crippen LogP contribution in [0.5, 0.6) is 5.75 Å². The van der Waals surface area contributed by atoms with Crippen LogP contribution in [0, 0.1) is 0 Å². The molecular formula is C10H10OS. The summed E-state index contributed by atoms with van der Waals surface area (Å²) in [7, 11) is 0. The van der Waals surface area contributed by atoms with E-state index in [2.05, 4.69) is 12.1 Å². The largest absolute Gasteiger partial charge is 0.508 e. The average Bonchev–Trinajstić information content (AvgIpc) is 2.49. The van der Waals surface area contributed by atoms with Gasteiger partial charge in [0, 0.05) is 4.70 Å². The third-order valence-electron chi connectivity index (χ3n) is 2.03. The van der Waals surface area contributed by atoms with Gasteiger partial charge in [0.2, 0.25) is 0 Å². The molecule has 2 heteroatoms. The summed E-state index contributed by atoms with van der Waals surface area (Å²) in [5, 5.41) is 12.8. The molecule has 0 aliphatic carbocycles. The first kappa shape index (κ1) is 7.62. The van der Waals surface area contributed by atoms with Crippen LogP contribution in [-0.2, 0) is 6.42 Å². The summed E-state index contributed by atoms with van der Waals surface area (Å²) in [5.41, 5.74) is 1.03. The Morgan fingerprint density at radius 2 is 2.25 bits per heavy atom. The standard InChI is InChI=1S/C10H10OS/c1-2-7-5-8-3-4-12-10(8)6-9(7)11/h3-6,11H,2H2,1H3. The molecule has 1 aromatic carbocycles. The van der Waals surface area contributed by atoms with Crippen molar-refractivity contribution in [2.24, 2.45) is 0 Å². The van der Waals surface area contributed by atoms with Gasteiger partial charge >= 0.3 is 0 Å². The molecule has 2 rings (SSSR count). The summed E-state index contributed by atoms with van der Waals surface area (Å²) in [5.74, 6) is 0.424. The maximum Gasteiger partial charge on any atom is 0.120 e. The van der Waals surface area contributed by atoms with Crippen LogP contribution >= 0.6 is 11.3 Å². The molecule has 1 heterocycles. The second kappa shape index (κ2) is 2.79. The molecule has 12 heavy (non-hydrogen) atoms. The molecule has 0 bridgehead atoms. The van der Waals surface area contributed by atoms with Gasteiger partial charge < -0.3 is 5.11 Å². The van der Waals surface area contributed by atoms with Gasteiger partial charge in [-0.2, -0.15) is 0 Å². The van der Waals surface area contributed by atoms with E-state index in [1.807, 2.05) is 18.4 Å². The summed E-state index contributed by atoms with van der Waals surface area (Å²) in [4.78, 5) is 0. The number of fused-ring (bicyclic) bond motifs is 1. The topological polar surface area (TPSA) is 20.2 Å². The van der Waals surface area contributed by atoms with E-state index in [4.69, 9.17) is 0 Å². The molecule has 0 saturated heterocycles. The number of thiophene rings is 1. The lowest BCUT2D eigenvalue weighted by Crippen LogP contribution is -1.79. The lowest BCUT2D eigenvalue weighted by molar-refractivity contribution is 0.470. The third kappa shape index (κ3) is 1.08. The minimum atomic E-state index is 0.424. The molecule has 0 aliphatic rings. The predicted octanol–water partition coefficient (Wildman–Crippen LogP) is 3.17. The van der Waals surface area contributed by atoms with Crippen molar-refractivity contribution in [1.29, 1.82) is 0 Å². The van der Waals surface area contributed by atoms with Gasteiger partial charge in [-0.15, -0.1) is 11.3 Å². The van der Waals surface area contributed by atoms with Crippen LogP contribution in [0.3, 0.4) is 0 Å². The molecule has 0 unspecified atom stereocenters. The number of phenolic OH excluding ortho intramolecular Hbond substituents is 1. The number of hydrogen-bond acceptors (Lipinski definition) is 2. The van der Waals surface area contributed by atoms with Gasteiger partial charge in [-0.3, -0.25) is 0 Å². The normalized spacial score (nSPS) is 10.8. The highest BCUT2D eigenvalue weighted by atomic mass is 32.1. The van der Waals surface area contributed by atoms with Gasteiger partial charge in [0.15, 0.2) is 0 Å². The fraction of sp³-hybridized carbons (Fsp3) is 0.200. The van der Waals surface area contributed by atoms with Crippen molar-refractivity contribution >= 4 is 21.4 Å². The van der Waals surface area contributed by atoms with E-state index in [-0.39, 0.29) is 0 Å². The van der Waals surface area contributed by atoms with Crippen molar-refractivity contribution < 1.29 is 5.11 Å². The zero-order valence-corrected chi connectivity index (χ0v) is 7.69. The minimum Gasteiger partial charge on any atom is -0.508 e. The summed E-state index contributed by atoms with van der Waals surface area (Å²) < 4.78 is 1.16. The molecule has 0 aliphatic heterocycles. The summed E-state index contributed by atoms with van der Waals surface area (Å²) in [6.45, 7) is 2.05. The quantitative estimate of drug-likeness (QED) is 0.711. The van der Waals surface area contributed by atoms with Crippen LogP contribution in [-0.4, -0.2) is 5.11 Å². The van der Waals surface area contributed by atoms with Gasteiger partial charge in [0.05, 0.1) is 0 Å². The van der Waals surface area contributed by atoms with Crippen molar-refractivity contribution in [3.8, 4) is 5.75 Å². The summed E-state index contributed by atoms with van der Waals surface area (Å²) in [6, 6.07) is 5.98. The zero-order valence-electron chi connectivity index (χ0n) is 6.87. The van der Waals surface area contributed by atoms with Crippen LogP contribution < -0.4 is 0 Å². The molecule has 0 amide bonds. The zero-order chi connectivity index (χ0) is 8.55. The lowest BCUT2D eigenvalue weighted by Gasteiger charge is -2.00. The molecule has 0 saturated carbocycles. The summed E-state index contributed by atoms with van der Waals surface area (Å²) in [6.07, 6.45) is 0.887. The third-order valence-corrected chi connectivity index (χ3v) is 2.91. The highest BCUT2D eigenvalue weighted by Crippen LogP contribution is 2.28. The van der Waals surface area contributed by atoms with Crippen molar-refractivity contribution in [3.63, 3.8) is 0 Å². The Morgan fingerprint density at radius 3 is 3.00 bits per heavy atom. The SMILES string of the molecule is CCc1cc2ccsc2cc1O. The van der Waals surface area contributed by atoms with Gasteiger partial charge in [-0.05, 0) is 40.9 Å². The fourth-order valence-corrected chi connectivity index (χ4v) is 2.13. The first-order valence-electron chi connectivity index (χ1n) is 4.00. The average molecular weight is 178 g/mol. The first-order valence-corrected chi connectivity index (χ1v) is 4.88. The molecule has 2 aromatic rings. The number of hydrogen-bond donors (Lipinski definition) is 1. The van der Waals surface area contributed by atoms with Gasteiger partial charge in [0.1, 0.15) is 5.75 Å². The number of aryl methyl sites for hydroxylation is 1. The Hall–Kier alpha value is -1.02. The molecule has 0 atom stereocenters. The Labute approximate surface area is 75.3 Å². The van der Waals surface area contributed by atoms with Crippen molar-refractivity contribution in [2.45, 2.75) is 13.3 Å². The number of rotatable bonds is 1. The van der Waals surface area contributed by atoms with Crippen LogP contribution in [0.25, 0.3) is 10.1 Å². The van der Waals surface area contributed by atoms with E-state index in [1.54, 1.807) is 11.3 Å². The molecule has 1 aromatic heterocycles. The number of benzene rings is 1. The van der Waals surface area contributed by atoms with E-state index in [0.717, 1.165) is 16.7 Å². The second-order valence-electron chi connectivity index (χ2n) is 2.79. The fourth-order valence-electron chi connectivity index (χ4n) is 1.33. The van der Waals surface area contributed by atoms with Crippen LogP contribution in [0.2, 0.25) is 0 Å². The highest BCUT2D eigenvalue weighted by molar-refractivity contribution is 7.17. The predicted molar refractivity (Wildman–Crippen MR) is 52.9 cm³/mol. The minimum absolute atomic E-state index is 0.424. The van der Waals surface area contributed by atoms with E-state index in [0.29, 0.717) is 5.75 Å². The Kier molecular flexibility index (Phi) is 1.77. The molecule has 0 fully saturated rings. The van der Waals surface area contributed by atoms with Crippen molar-refractivity contribution in [1.82, 2.24) is 0 Å². The molecule has 1 N–H and O–H groups in total. The van der Waals surface area contributed by atoms with Crippen LogP contribution in [0.1, 0.15) is 12.5 Å². The summed E-state index contributed by atoms with van der Waals surface area (Å²) >= 11 is 1.66. The number of phenols is 1. The molecule has 62 valence electrons. The smallest absolute Gasteiger partial charge is 0.120 e. The maximum atomic E-state index is 9.53. The molecular weight excluding hydrogens is 168 g/mol. The highest BCUT2D eigenvalue weighted by Gasteiger charge is 2.01. The Morgan fingerprint density at radius 1 is 1.42 bits per heavy atom. The van der Waals surface area contributed by atoms with E-state index < -0.39 is 0 Å². The molecule has 1 nitrogen and oxygen atoms in total. The van der Waals surface area contributed by atoms with E-state index in [1.165, 1.54) is 5.39 Å². The monoisotopic (exact) mass is 178 g/mol. The van der Waals surface area contributed by atoms with E-state index >= 15 is 0 Å². The van der Waals surface area contributed by atoms with E-state index in [9.17, 15) is 5.11 Å². The second-order valence-corrected chi connectivity index (χ2v) is 3.74. The van der Waals surface area contributed by atoms with Crippen molar-refractivity contribution in [3.05, 3.63) is 29.1 Å². The number of aromatic hydroxyl groups is 1. The molecule has 0 spiro atoms. The molecule has 0 radical (unpaired) electrons. The maximum absolute atomic E-state index is 9.53. The first-order chi connectivity index (χ1) is 5.81. The van der Waals surface area contributed by atoms with Crippen molar-refractivity contribution in [2.75, 3.05) is 0 Å². The van der Waals surface area contributed by atoms with Crippen LogP contribution in [0.4, 0.5) is 0 Å². The van der Waals surface area contributed by atoms with Gasteiger partial charge in [-0.1, -0.05) is 6.92 Å². The lowest BCUT2D eigenvalue weighted by atomic mass is 10.1. The Balaban J connectivity index is 2.73.